The second-order valence-electron chi connectivity index (χ2n) is 5.32. The van der Waals surface area contributed by atoms with Crippen molar-refractivity contribution in [1.82, 2.24) is 10.2 Å². The predicted octanol–water partition coefficient (Wildman–Crippen LogP) is 0.106. The van der Waals surface area contributed by atoms with E-state index in [2.05, 4.69) is 25.9 Å². The highest BCUT2D eigenvalue weighted by atomic mass is 16.5. The van der Waals surface area contributed by atoms with Gasteiger partial charge in [0.25, 0.3) is 0 Å². The van der Waals surface area contributed by atoms with Crippen LogP contribution in [0.25, 0.3) is 0 Å². The molecule has 1 aromatic rings. The number of nitrogens with one attached hydrogen (secondary N) is 1. The van der Waals surface area contributed by atoms with Crippen LogP contribution in [0.5, 0.6) is 5.75 Å². The molecule has 1 aromatic carbocycles. The number of carbonyl (C=O) groups excluding carboxylic acids is 2. The maximum absolute atomic E-state index is 11.8. The van der Waals surface area contributed by atoms with E-state index >= 15 is 0 Å². The third-order valence-electron chi connectivity index (χ3n) is 3.82. The van der Waals surface area contributed by atoms with Gasteiger partial charge in [0.2, 0.25) is 5.91 Å². The van der Waals surface area contributed by atoms with Gasteiger partial charge >= 0.3 is 5.97 Å². The molecule has 0 radical (unpaired) electrons. The minimum atomic E-state index is -0.443. The molecule has 1 amide bonds. The highest BCUT2D eigenvalue weighted by molar-refractivity contribution is 5.83. The Morgan fingerprint density at radius 3 is 2.57 bits per heavy atom. The van der Waals surface area contributed by atoms with Gasteiger partial charge in [-0.05, 0) is 12.1 Å². The van der Waals surface area contributed by atoms with Gasteiger partial charge in [0, 0.05) is 37.9 Å². The fourth-order valence-electron chi connectivity index (χ4n) is 2.47. The first kappa shape index (κ1) is 17.1. The average Bonchev–Trinajstić information content (AvgIpc) is 2.60. The Hall–Kier alpha value is -2.28. The first-order chi connectivity index (χ1) is 11.1. The van der Waals surface area contributed by atoms with Gasteiger partial charge < -0.3 is 19.7 Å². The molecular formula is C16H23N3O4. The molecule has 2 rings (SSSR count). The zero-order chi connectivity index (χ0) is 16.7. The van der Waals surface area contributed by atoms with Crippen molar-refractivity contribution in [3.05, 3.63) is 24.3 Å². The fraction of sp³-hybridized carbons (Fsp3) is 0.500. The van der Waals surface area contributed by atoms with Gasteiger partial charge in [0.1, 0.15) is 12.3 Å². The normalized spacial score (nSPS) is 15.1. The number of methoxy groups -OCH3 is 2. The number of hydrogen-bond acceptors (Lipinski definition) is 6. The number of amides is 1. The van der Waals surface area contributed by atoms with Gasteiger partial charge in [-0.1, -0.05) is 6.07 Å². The maximum Gasteiger partial charge on any atom is 0.325 e. The largest absolute Gasteiger partial charge is 0.497 e. The molecule has 0 unspecified atom stereocenters. The van der Waals surface area contributed by atoms with Crippen LogP contribution in [0, 0.1) is 0 Å². The Kier molecular flexibility index (Phi) is 6.22. The molecule has 23 heavy (non-hydrogen) atoms. The summed E-state index contributed by atoms with van der Waals surface area (Å²) < 4.78 is 9.74. The van der Waals surface area contributed by atoms with Crippen molar-refractivity contribution in [2.24, 2.45) is 0 Å². The number of anilines is 1. The number of esters is 1. The molecule has 1 N–H and O–H groups in total. The molecule has 1 saturated heterocycles. The van der Waals surface area contributed by atoms with Crippen molar-refractivity contribution in [2.45, 2.75) is 0 Å². The SMILES string of the molecule is COC(=O)CNC(=O)CN1CCN(c2cccc(OC)c2)CC1. The number of nitrogens with zero attached hydrogens (tertiary/aromatic N) is 2. The van der Waals surface area contributed by atoms with Crippen molar-refractivity contribution in [3.8, 4) is 5.75 Å². The molecule has 1 heterocycles. The summed E-state index contributed by atoms with van der Waals surface area (Å²) in [4.78, 5) is 27.1. The van der Waals surface area contributed by atoms with E-state index in [1.165, 1.54) is 7.11 Å². The van der Waals surface area contributed by atoms with Crippen molar-refractivity contribution in [2.75, 3.05) is 58.4 Å². The Bertz CT molecular complexity index is 542. The van der Waals surface area contributed by atoms with E-state index < -0.39 is 5.97 Å². The van der Waals surface area contributed by atoms with Crippen molar-refractivity contribution in [3.63, 3.8) is 0 Å². The van der Waals surface area contributed by atoms with Gasteiger partial charge in [-0.15, -0.1) is 0 Å². The number of carbonyl (C=O) groups is 2. The van der Waals surface area contributed by atoms with E-state index in [4.69, 9.17) is 4.74 Å². The van der Waals surface area contributed by atoms with Crippen molar-refractivity contribution < 1.29 is 19.1 Å². The lowest BCUT2D eigenvalue weighted by atomic mass is 10.2. The molecule has 1 aliphatic rings. The highest BCUT2D eigenvalue weighted by Crippen LogP contribution is 2.21. The minimum Gasteiger partial charge on any atom is -0.497 e. The van der Waals surface area contributed by atoms with E-state index in [-0.39, 0.29) is 12.5 Å². The van der Waals surface area contributed by atoms with Gasteiger partial charge in [-0.2, -0.15) is 0 Å². The molecule has 0 atom stereocenters. The van der Waals surface area contributed by atoms with E-state index in [1.54, 1.807) is 7.11 Å². The second-order valence-corrected chi connectivity index (χ2v) is 5.32. The van der Waals surface area contributed by atoms with Crippen LogP contribution in [0.3, 0.4) is 0 Å². The molecule has 0 aliphatic carbocycles. The quantitative estimate of drug-likeness (QED) is 0.750. The minimum absolute atomic E-state index is 0.0842. The first-order valence-electron chi connectivity index (χ1n) is 7.57. The second kappa shape index (κ2) is 8.38. The third-order valence-corrected chi connectivity index (χ3v) is 3.82. The Morgan fingerprint density at radius 1 is 1.17 bits per heavy atom. The zero-order valence-electron chi connectivity index (χ0n) is 13.6. The van der Waals surface area contributed by atoms with E-state index in [9.17, 15) is 9.59 Å². The number of hydrogen-bond donors (Lipinski definition) is 1. The summed E-state index contributed by atoms with van der Waals surface area (Å²) in [7, 11) is 2.95. The topological polar surface area (TPSA) is 71.1 Å². The van der Waals surface area contributed by atoms with Crippen LogP contribution < -0.4 is 15.0 Å². The molecule has 0 bridgehead atoms. The fourth-order valence-corrected chi connectivity index (χ4v) is 2.47. The van der Waals surface area contributed by atoms with E-state index in [0.29, 0.717) is 6.54 Å². The molecular weight excluding hydrogens is 298 g/mol. The van der Waals surface area contributed by atoms with Crippen LogP contribution in [-0.2, 0) is 14.3 Å². The number of benzene rings is 1. The highest BCUT2D eigenvalue weighted by Gasteiger charge is 2.19. The Morgan fingerprint density at radius 2 is 1.91 bits per heavy atom. The molecule has 0 spiro atoms. The van der Waals surface area contributed by atoms with Gasteiger partial charge in [0.15, 0.2) is 0 Å². The lowest BCUT2D eigenvalue weighted by Gasteiger charge is -2.35. The lowest BCUT2D eigenvalue weighted by Crippen LogP contribution is -2.50. The van der Waals surface area contributed by atoms with Gasteiger partial charge in [-0.3, -0.25) is 14.5 Å². The summed E-state index contributed by atoms with van der Waals surface area (Å²) >= 11 is 0. The Labute approximate surface area is 136 Å². The van der Waals surface area contributed by atoms with Crippen LogP contribution in [0.15, 0.2) is 24.3 Å². The van der Waals surface area contributed by atoms with Crippen LogP contribution in [0.2, 0.25) is 0 Å². The summed E-state index contributed by atoms with van der Waals surface area (Å²) in [5, 5.41) is 2.55. The predicted molar refractivity (Wildman–Crippen MR) is 86.7 cm³/mol. The summed E-state index contributed by atoms with van der Waals surface area (Å²) in [6.45, 7) is 3.49. The number of ether oxygens (including phenoxy) is 2. The standard InChI is InChI=1S/C16H23N3O4/c1-22-14-5-3-4-13(10-14)19-8-6-18(7-9-19)12-15(20)17-11-16(21)23-2/h3-5,10H,6-9,11-12H2,1-2H3,(H,17,20). The van der Waals surface area contributed by atoms with Crippen LogP contribution in [0.4, 0.5) is 5.69 Å². The maximum atomic E-state index is 11.8. The number of piperazine rings is 1. The smallest absolute Gasteiger partial charge is 0.325 e. The van der Waals surface area contributed by atoms with Crippen LogP contribution >= 0.6 is 0 Å². The number of rotatable bonds is 6. The molecule has 126 valence electrons. The molecule has 1 fully saturated rings. The molecule has 0 aromatic heterocycles. The summed E-state index contributed by atoms with van der Waals surface area (Å²) in [6, 6.07) is 7.96. The molecule has 0 saturated carbocycles. The summed E-state index contributed by atoms with van der Waals surface area (Å²) in [5.74, 6) is 0.235. The molecule has 7 nitrogen and oxygen atoms in total. The van der Waals surface area contributed by atoms with Crippen LogP contribution in [0.1, 0.15) is 0 Å². The van der Waals surface area contributed by atoms with Crippen molar-refractivity contribution in [1.29, 1.82) is 0 Å². The summed E-state index contributed by atoms with van der Waals surface area (Å²) in [6.07, 6.45) is 0. The molecule has 7 heteroatoms. The van der Waals surface area contributed by atoms with E-state index in [1.807, 2.05) is 18.2 Å². The van der Waals surface area contributed by atoms with Gasteiger partial charge in [0.05, 0.1) is 20.8 Å². The first-order valence-corrected chi connectivity index (χ1v) is 7.57. The van der Waals surface area contributed by atoms with E-state index in [0.717, 1.165) is 37.6 Å². The zero-order valence-corrected chi connectivity index (χ0v) is 13.6. The third kappa shape index (κ3) is 5.14. The molecule has 1 aliphatic heterocycles. The average molecular weight is 321 g/mol. The lowest BCUT2D eigenvalue weighted by molar-refractivity contribution is -0.141. The van der Waals surface area contributed by atoms with Crippen molar-refractivity contribution >= 4 is 17.6 Å². The Balaban J connectivity index is 1.77. The monoisotopic (exact) mass is 321 g/mol. The van der Waals surface area contributed by atoms with Gasteiger partial charge in [-0.25, -0.2) is 0 Å². The summed E-state index contributed by atoms with van der Waals surface area (Å²) in [5.41, 5.74) is 1.12. The van der Waals surface area contributed by atoms with Crippen LogP contribution in [-0.4, -0.2) is 70.3 Å².